The summed E-state index contributed by atoms with van der Waals surface area (Å²) in [5.74, 6) is -0.293. The Morgan fingerprint density at radius 1 is 1.15 bits per heavy atom. The number of amides is 1. The normalized spacial score (nSPS) is 10.3. The first-order valence-electron chi connectivity index (χ1n) is 6.13. The van der Waals surface area contributed by atoms with Crippen LogP contribution in [0.2, 0.25) is 0 Å². The minimum atomic E-state index is -0.619. The monoisotopic (exact) mass is 273 g/mol. The molecule has 6 heteroatoms. The molecule has 0 bridgehead atoms. The highest BCUT2D eigenvalue weighted by atomic mass is 16.2. The van der Waals surface area contributed by atoms with Crippen LogP contribution in [-0.2, 0) is 11.2 Å². The maximum Gasteiger partial charge on any atom is 0.325 e. The third kappa shape index (κ3) is 3.44. The van der Waals surface area contributed by atoms with Crippen molar-refractivity contribution in [2.75, 3.05) is 5.32 Å². The van der Waals surface area contributed by atoms with E-state index in [2.05, 4.69) is 15.3 Å². The minimum Gasteiger partial charge on any atom is -0.326 e. The molecule has 0 aliphatic rings. The molecule has 0 atom stereocenters. The standard InChI is InChI=1S/C14H15N3O3/c1-8-3-4-11(9(2)5-8)16-12(18)6-10-7-13(19)17-14(20)15-10/h3-5,7H,6H2,1-2H3,(H,16,18)(H2,15,17,19,20). The fourth-order valence-corrected chi connectivity index (χ4v) is 1.94. The average Bonchev–Trinajstić information content (AvgIpc) is 2.31. The second kappa shape index (κ2) is 5.56. The summed E-state index contributed by atoms with van der Waals surface area (Å²) in [5.41, 5.74) is 1.92. The summed E-state index contributed by atoms with van der Waals surface area (Å²) in [4.78, 5) is 38.6. The average molecular weight is 273 g/mol. The zero-order chi connectivity index (χ0) is 14.7. The van der Waals surface area contributed by atoms with Gasteiger partial charge in [0.1, 0.15) is 0 Å². The number of carbonyl (C=O) groups excluding carboxylic acids is 1. The molecule has 0 saturated heterocycles. The Balaban J connectivity index is 2.12. The van der Waals surface area contributed by atoms with Crippen molar-refractivity contribution in [1.29, 1.82) is 0 Å². The van der Waals surface area contributed by atoms with Crippen molar-refractivity contribution in [2.45, 2.75) is 20.3 Å². The highest BCUT2D eigenvalue weighted by Gasteiger charge is 2.07. The molecule has 1 amide bonds. The lowest BCUT2D eigenvalue weighted by Gasteiger charge is -2.09. The van der Waals surface area contributed by atoms with Gasteiger partial charge in [-0.2, -0.15) is 0 Å². The van der Waals surface area contributed by atoms with Gasteiger partial charge < -0.3 is 10.3 Å². The molecule has 2 aromatic rings. The smallest absolute Gasteiger partial charge is 0.325 e. The van der Waals surface area contributed by atoms with Crippen LogP contribution in [0, 0.1) is 13.8 Å². The third-order valence-electron chi connectivity index (χ3n) is 2.82. The van der Waals surface area contributed by atoms with E-state index in [0.29, 0.717) is 5.69 Å². The summed E-state index contributed by atoms with van der Waals surface area (Å²) >= 11 is 0. The summed E-state index contributed by atoms with van der Waals surface area (Å²) in [7, 11) is 0. The fourth-order valence-electron chi connectivity index (χ4n) is 1.94. The minimum absolute atomic E-state index is 0.0630. The largest absolute Gasteiger partial charge is 0.326 e. The fraction of sp³-hybridized carbons (Fsp3) is 0.214. The quantitative estimate of drug-likeness (QED) is 0.774. The lowest BCUT2D eigenvalue weighted by molar-refractivity contribution is -0.115. The van der Waals surface area contributed by atoms with Gasteiger partial charge in [0.05, 0.1) is 6.42 Å². The van der Waals surface area contributed by atoms with Gasteiger partial charge in [0.25, 0.3) is 5.56 Å². The summed E-state index contributed by atoms with van der Waals surface area (Å²) in [6.07, 6.45) is -0.0630. The Morgan fingerprint density at radius 2 is 1.90 bits per heavy atom. The van der Waals surface area contributed by atoms with Gasteiger partial charge in [-0.25, -0.2) is 4.79 Å². The maximum atomic E-state index is 11.9. The van der Waals surface area contributed by atoms with Crippen molar-refractivity contribution in [3.8, 4) is 0 Å². The van der Waals surface area contributed by atoms with Crippen molar-refractivity contribution >= 4 is 11.6 Å². The lowest BCUT2D eigenvalue weighted by atomic mass is 10.1. The number of aryl methyl sites for hydroxylation is 2. The van der Waals surface area contributed by atoms with Gasteiger partial charge in [-0.15, -0.1) is 0 Å². The topological polar surface area (TPSA) is 94.8 Å². The van der Waals surface area contributed by atoms with Crippen molar-refractivity contribution in [1.82, 2.24) is 9.97 Å². The number of H-pyrrole nitrogens is 2. The predicted molar refractivity (Wildman–Crippen MR) is 75.9 cm³/mol. The molecular formula is C14H15N3O3. The maximum absolute atomic E-state index is 11.9. The van der Waals surface area contributed by atoms with Gasteiger partial charge in [0.2, 0.25) is 5.91 Å². The molecule has 104 valence electrons. The van der Waals surface area contributed by atoms with Crippen molar-refractivity contribution < 1.29 is 4.79 Å². The van der Waals surface area contributed by atoms with E-state index in [1.807, 2.05) is 32.0 Å². The van der Waals surface area contributed by atoms with Gasteiger partial charge in [-0.3, -0.25) is 14.6 Å². The van der Waals surface area contributed by atoms with Crippen LogP contribution < -0.4 is 16.6 Å². The molecular weight excluding hydrogens is 258 g/mol. The molecule has 0 fully saturated rings. The number of aromatic amines is 2. The molecule has 1 aromatic heterocycles. The van der Waals surface area contributed by atoms with Crippen LogP contribution in [0.5, 0.6) is 0 Å². The van der Waals surface area contributed by atoms with Crippen LogP contribution in [-0.4, -0.2) is 15.9 Å². The first-order valence-corrected chi connectivity index (χ1v) is 6.13. The van der Waals surface area contributed by atoms with Crippen LogP contribution in [0.25, 0.3) is 0 Å². The number of aromatic nitrogens is 2. The van der Waals surface area contributed by atoms with E-state index in [9.17, 15) is 14.4 Å². The molecule has 1 aromatic carbocycles. The molecule has 6 nitrogen and oxygen atoms in total. The molecule has 3 N–H and O–H groups in total. The van der Waals surface area contributed by atoms with E-state index < -0.39 is 11.2 Å². The molecule has 20 heavy (non-hydrogen) atoms. The van der Waals surface area contributed by atoms with Crippen LogP contribution >= 0.6 is 0 Å². The second-order valence-corrected chi connectivity index (χ2v) is 4.66. The Bertz CT molecular complexity index is 730. The van der Waals surface area contributed by atoms with Crippen LogP contribution in [0.4, 0.5) is 5.69 Å². The van der Waals surface area contributed by atoms with E-state index in [-0.39, 0.29) is 18.0 Å². The van der Waals surface area contributed by atoms with Gasteiger partial charge in [-0.05, 0) is 25.5 Å². The van der Waals surface area contributed by atoms with E-state index in [4.69, 9.17) is 0 Å². The van der Waals surface area contributed by atoms with E-state index in [1.54, 1.807) is 0 Å². The number of benzene rings is 1. The summed E-state index contributed by atoms with van der Waals surface area (Å²) in [5, 5.41) is 2.75. The number of hydrogen-bond acceptors (Lipinski definition) is 3. The highest BCUT2D eigenvalue weighted by Crippen LogP contribution is 2.16. The van der Waals surface area contributed by atoms with Gasteiger partial charge in [0, 0.05) is 17.4 Å². The number of rotatable bonds is 3. The van der Waals surface area contributed by atoms with E-state index in [0.717, 1.165) is 11.1 Å². The number of nitrogens with one attached hydrogen (secondary N) is 3. The molecule has 0 aliphatic heterocycles. The molecule has 0 spiro atoms. The zero-order valence-corrected chi connectivity index (χ0v) is 11.2. The molecule has 0 saturated carbocycles. The molecule has 1 heterocycles. The number of anilines is 1. The Morgan fingerprint density at radius 3 is 2.55 bits per heavy atom. The summed E-state index contributed by atoms with van der Waals surface area (Å²) in [6, 6.07) is 6.88. The Kier molecular flexibility index (Phi) is 3.84. The second-order valence-electron chi connectivity index (χ2n) is 4.66. The van der Waals surface area contributed by atoms with Crippen LogP contribution in [0.1, 0.15) is 16.8 Å². The lowest BCUT2D eigenvalue weighted by Crippen LogP contribution is -2.25. The molecule has 0 unspecified atom stereocenters. The third-order valence-corrected chi connectivity index (χ3v) is 2.82. The van der Waals surface area contributed by atoms with Crippen molar-refractivity contribution in [2.24, 2.45) is 0 Å². The van der Waals surface area contributed by atoms with Gasteiger partial charge in [-0.1, -0.05) is 17.7 Å². The first-order chi connectivity index (χ1) is 9.44. The van der Waals surface area contributed by atoms with Crippen molar-refractivity contribution in [3.63, 3.8) is 0 Å². The Hall–Kier alpha value is -2.63. The summed E-state index contributed by atoms with van der Waals surface area (Å²) in [6.45, 7) is 3.87. The van der Waals surface area contributed by atoms with Crippen LogP contribution in [0.15, 0.2) is 33.9 Å². The molecule has 0 aliphatic carbocycles. The zero-order valence-electron chi connectivity index (χ0n) is 11.2. The number of carbonyl (C=O) groups is 1. The van der Waals surface area contributed by atoms with E-state index >= 15 is 0 Å². The van der Waals surface area contributed by atoms with Gasteiger partial charge in [0.15, 0.2) is 0 Å². The molecule has 2 rings (SSSR count). The molecule has 0 radical (unpaired) electrons. The number of hydrogen-bond donors (Lipinski definition) is 3. The SMILES string of the molecule is Cc1ccc(NC(=O)Cc2cc(=O)[nH]c(=O)[nH]2)c(C)c1. The van der Waals surface area contributed by atoms with Crippen molar-refractivity contribution in [3.05, 3.63) is 61.9 Å². The Labute approximate surface area is 114 Å². The van der Waals surface area contributed by atoms with E-state index in [1.165, 1.54) is 6.07 Å². The highest BCUT2D eigenvalue weighted by molar-refractivity contribution is 5.92. The first kappa shape index (κ1) is 13.8. The summed E-state index contributed by atoms with van der Waals surface area (Å²) < 4.78 is 0. The van der Waals surface area contributed by atoms with Gasteiger partial charge >= 0.3 is 5.69 Å². The van der Waals surface area contributed by atoms with Crippen LogP contribution in [0.3, 0.4) is 0 Å². The predicted octanol–water partition coefficient (Wildman–Crippen LogP) is 0.861.